The standard InChI is InChI=1S/C20H33NO5/c1-6-21-11-16(22)25-14-9-10-20(12-24-20)18(17(14)23-5)19(4)15(26-19)8-7-13(2)3/h7,14-15,17-18,21H,6,8-12H2,1-5H3. The van der Waals surface area contributed by atoms with Gasteiger partial charge in [-0.2, -0.15) is 0 Å². The minimum Gasteiger partial charge on any atom is -0.459 e. The molecule has 6 heteroatoms. The van der Waals surface area contributed by atoms with E-state index in [-0.39, 0.29) is 47.9 Å². The zero-order chi connectivity index (χ0) is 18.9. The van der Waals surface area contributed by atoms with E-state index in [4.69, 9.17) is 18.9 Å². The molecule has 3 rings (SSSR count). The van der Waals surface area contributed by atoms with E-state index in [1.165, 1.54) is 5.57 Å². The first-order valence-electron chi connectivity index (χ1n) is 9.74. The number of carbonyl (C=O) groups excluding carboxylic acids is 1. The maximum Gasteiger partial charge on any atom is 0.320 e. The number of ether oxygens (including phenoxy) is 4. The molecule has 3 aliphatic rings. The number of allylic oxidation sites excluding steroid dienone is 1. The van der Waals surface area contributed by atoms with Crippen LogP contribution in [0.5, 0.6) is 0 Å². The van der Waals surface area contributed by atoms with Crippen molar-refractivity contribution in [2.75, 3.05) is 26.8 Å². The predicted octanol–water partition coefficient (Wildman–Crippen LogP) is 2.22. The third kappa shape index (κ3) is 3.84. The maximum absolute atomic E-state index is 12.1. The molecule has 6 nitrogen and oxygen atoms in total. The lowest BCUT2D eigenvalue weighted by Gasteiger charge is -2.42. The molecule has 1 aliphatic carbocycles. The second-order valence-corrected chi connectivity index (χ2v) is 8.19. The Morgan fingerprint density at radius 2 is 2.12 bits per heavy atom. The first kappa shape index (κ1) is 19.8. The number of hydrogen-bond donors (Lipinski definition) is 1. The number of carbonyl (C=O) groups is 1. The molecule has 148 valence electrons. The van der Waals surface area contributed by atoms with Crippen LogP contribution in [0.1, 0.15) is 47.0 Å². The molecule has 0 aromatic heterocycles. The molecule has 1 N–H and O–H groups in total. The van der Waals surface area contributed by atoms with E-state index in [1.807, 2.05) is 6.92 Å². The summed E-state index contributed by atoms with van der Waals surface area (Å²) in [6.45, 7) is 10.0. The fourth-order valence-corrected chi connectivity index (χ4v) is 4.51. The molecule has 0 aromatic rings. The van der Waals surface area contributed by atoms with Crippen molar-refractivity contribution in [3.63, 3.8) is 0 Å². The molecule has 26 heavy (non-hydrogen) atoms. The summed E-state index contributed by atoms with van der Waals surface area (Å²) in [5.41, 5.74) is 0.817. The predicted molar refractivity (Wildman–Crippen MR) is 98.0 cm³/mol. The SMILES string of the molecule is CCNCC(=O)OC1CCC2(CO2)C(C2(C)OC2CC=C(C)C)C1OC. The number of hydrogen-bond acceptors (Lipinski definition) is 6. The average molecular weight is 367 g/mol. The highest BCUT2D eigenvalue weighted by Crippen LogP contribution is 2.59. The van der Waals surface area contributed by atoms with Gasteiger partial charge in [-0.1, -0.05) is 18.6 Å². The maximum atomic E-state index is 12.1. The first-order chi connectivity index (χ1) is 12.4. The Morgan fingerprint density at radius 1 is 1.38 bits per heavy atom. The number of rotatable bonds is 8. The van der Waals surface area contributed by atoms with Crippen molar-refractivity contribution in [2.45, 2.75) is 76.5 Å². The van der Waals surface area contributed by atoms with Crippen LogP contribution in [0.2, 0.25) is 0 Å². The Bertz CT molecular complexity index is 554. The highest BCUT2D eigenvalue weighted by molar-refractivity contribution is 5.71. The summed E-state index contributed by atoms with van der Waals surface area (Å²) in [5, 5.41) is 3.02. The van der Waals surface area contributed by atoms with Crippen LogP contribution in [-0.4, -0.2) is 62.3 Å². The van der Waals surface area contributed by atoms with Gasteiger partial charge in [0, 0.05) is 7.11 Å². The summed E-state index contributed by atoms with van der Waals surface area (Å²) in [4.78, 5) is 12.1. The molecule has 6 unspecified atom stereocenters. The molecule has 2 aliphatic heterocycles. The van der Waals surface area contributed by atoms with Gasteiger partial charge in [-0.15, -0.1) is 0 Å². The van der Waals surface area contributed by atoms with E-state index in [2.05, 4.69) is 32.2 Å². The zero-order valence-corrected chi connectivity index (χ0v) is 16.7. The van der Waals surface area contributed by atoms with E-state index in [0.29, 0.717) is 0 Å². The van der Waals surface area contributed by atoms with Gasteiger partial charge < -0.3 is 24.3 Å². The van der Waals surface area contributed by atoms with Gasteiger partial charge in [0.05, 0.1) is 25.2 Å². The Labute approximate surface area is 156 Å². The molecule has 2 heterocycles. The molecule has 0 aromatic carbocycles. The van der Waals surface area contributed by atoms with Gasteiger partial charge in [0.2, 0.25) is 0 Å². The highest BCUT2D eigenvalue weighted by atomic mass is 16.6. The Morgan fingerprint density at radius 3 is 2.69 bits per heavy atom. The van der Waals surface area contributed by atoms with Crippen LogP contribution in [0.4, 0.5) is 0 Å². The molecule has 3 fully saturated rings. The molecular weight excluding hydrogens is 334 g/mol. The second kappa shape index (κ2) is 7.58. The number of likely N-dealkylation sites (N-methyl/N-ethyl adjacent to an activating group) is 1. The summed E-state index contributed by atoms with van der Waals surface area (Å²) in [7, 11) is 1.70. The summed E-state index contributed by atoms with van der Waals surface area (Å²) < 4.78 is 23.7. The van der Waals surface area contributed by atoms with Crippen molar-refractivity contribution in [2.24, 2.45) is 5.92 Å². The summed E-state index contributed by atoms with van der Waals surface area (Å²) in [6, 6.07) is 0. The average Bonchev–Trinajstić information content (AvgIpc) is 3.50. The fourth-order valence-electron chi connectivity index (χ4n) is 4.51. The van der Waals surface area contributed by atoms with Crippen molar-refractivity contribution >= 4 is 5.97 Å². The van der Waals surface area contributed by atoms with E-state index >= 15 is 0 Å². The van der Waals surface area contributed by atoms with E-state index in [0.717, 1.165) is 32.4 Å². The second-order valence-electron chi connectivity index (χ2n) is 8.19. The lowest BCUT2D eigenvalue weighted by molar-refractivity contribution is -0.170. The monoisotopic (exact) mass is 367 g/mol. The van der Waals surface area contributed by atoms with Gasteiger partial charge in [-0.3, -0.25) is 4.79 Å². The molecule has 6 atom stereocenters. The lowest BCUT2D eigenvalue weighted by atomic mass is 9.68. The minimum atomic E-state index is -0.296. The van der Waals surface area contributed by atoms with E-state index in [9.17, 15) is 4.79 Å². The highest BCUT2D eigenvalue weighted by Gasteiger charge is 2.72. The molecule has 1 spiro atoms. The van der Waals surface area contributed by atoms with Gasteiger partial charge in [0.1, 0.15) is 23.4 Å². The smallest absolute Gasteiger partial charge is 0.320 e. The van der Waals surface area contributed by atoms with Crippen LogP contribution in [0, 0.1) is 5.92 Å². The molecular formula is C20H33NO5. The van der Waals surface area contributed by atoms with E-state index < -0.39 is 0 Å². The van der Waals surface area contributed by atoms with Crippen molar-refractivity contribution < 1.29 is 23.7 Å². The van der Waals surface area contributed by atoms with E-state index in [1.54, 1.807) is 7.11 Å². The van der Waals surface area contributed by atoms with Crippen molar-refractivity contribution in [3.8, 4) is 0 Å². The number of methoxy groups -OCH3 is 1. The third-order valence-electron chi connectivity index (χ3n) is 6.04. The van der Waals surface area contributed by atoms with Gasteiger partial charge in [-0.05, 0) is 46.6 Å². The molecule has 2 saturated heterocycles. The van der Waals surface area contributed by atoms with Gasteiger partial charge in [0.15, 0.2) is 0 Å². The van der Waals surface area contributed by atoms with Crippen molar-refractivity contribution in [1.82, 2.24) is 5.32 Å². The number of esters is 1. The van der Waals surface area contributed by atoms with Crippen LogP contribution in [-0.2, 0) is 23.7 Å². The summed E-state index contributed by atoms with van der Waals surface area (Å²) >= 11 is 0. The van der Waals surface area contributed by atoms with Crippen LogP contribution in [0.3, 0.4) is 0 Å². The van der Waals surface area contributed by atoms with Gasteiger partial charge in [-0.25, -0.2) is 0 Å². The van der Waals surface area contributed by atoms with Crippen LogP contribution in [0.15, 0.2) is 11.6 Å². The third-order valence-corrected chi connectivity index (χ3v) is 6.04. The van der Waals surface area contributed by atoms with Crippen molar-refractivity contribution in [3.05, 3.63) is 11.6 Å². The first-order valence-corrected chi connectivity index (χ1v) is 9.74. The Kier molecular flexibility index (Phi) is 5.78. The molecule has 0 bridgehead atoms. The quantitative estimate of drug-likeness (QED) is 0.403. The Hall–Kier alpha value is -0.950. The zero-order valence-electron chi connectivity index (χ0n) is 16.7. The van der Waals surface area contributed by atoms with Gasteiger partial charge >= 0.3 is 5.97 Å². The molecule has 1 saturated carbocycles. The van der Waals surface area contributed by atoms with Gasteiger partial charge in [0.25, 0.3) is 0 Å². The molecule has 0 amide bonds. The van der Waals surface area contributed by atoms with Crippen LogP contribution in [0.25, 0.3) is 0 Å². The minimum absolute atomic E-state index is 0.0706. The topological polar surface area (TPSA) is 72.6 Å². The normalized spacial score (nSPS) is 41.0. The number of nitrogens with one attached hydrogen (secondary N) is 1. The molecule has 0 radical (unpaired) electrons. The van der Waals surface area contributed by atoms with Crippen LogP contribution < -0.4 is 5.32 Å². The largest absolute Gasteiger partial charge is 0.459 e. The fraction of sp³-hybridized carbons (Fsp3) is 0.850. The number of epoxide rings is 2. The summed E-state index contributed by atoms with van der Waals surface area (Å²) in [6.07, 6.45) is 4.46. The Balaban J connectivity index is 1.72. The summed E-state index contributed by atoms with van der Waals surface area (Å²) in [5.74, 6) is -0.158. The van der Waals surface area contributed by atoms with Crippen LogP contribution >= 0.6 is 0 Å². The van der Waals surface area contributed by atoms with Crippen molar-refractivity contribution in [1.29, 1.82) is 0 Å². The lowest BCUT2D eigenvalue weighted by Crippen LogP contribution is -2.56.